The van der Waals surface area contributed by atoms with Gasteiger partial charge in [0.25, 0.3) is 5.69 Å². The van der Waals surface area contributed by atoms with Gasteiger partial charge in [-0.25, -0.2) is 18.1 Å². The van der Waals surface area contributed by atoms with E-state index in [4.69, 9.17) is 0 Å². The molecule has 160 valence electrons. The number of H-pyrrole nitrogens is 1. The van der Waals surface area contributed by atoms with Crippen LogP contribution >= 0.6 is 0 Å². The van der Waals surface area contributed by atoms with Crippen molar-refractivity contribution in [3.05, 3.63) is 58.4 Å². The first-order valence-corrected chi connectivity index (χ1v) is 10.8. The Hall–Kier alpha value is -3.02. The van der Waals surface area contributed by atoms with Crippen LogP contribution in [-0.2, 0) is 10.0 Å². The highest BCUT2D eigenvalue weighted by atomic mass is 32.2. The highest BCUT2D eigenvalue weighted by molar-refractivity contribution is 7.89. The molecule has 0 amide bonds. The normalized spacial score (nSPS) is 12.9. The van der Waals surface area contributed by atoms with Crippen LogP contribution in [0.25, 0.3) is 11.0 Å². The number of sulfonamides is 1. The van der Waals surface area contributed by atoms with Crippen LogP contribution in [0.2, 0.25) is 0 Å². The molecule has 3 N–H and O–H groups in total. The number of nitrogens with one attached hydrogen (secondary N) is 3. The molecular weight excluding hydrogens is 408 g/mol. The number of fused-ring (bicyclic) bond motifs is 1. The van der Waals surface area contributed by atoms with Crippen molar-refractivity contribution in [3.63, 3.8) is 0 Å². The van der Waals surface area contributed by atoms with Gasteiger partial charge >= 0.3 is 0 Å². The van der Waals surface area contributed by atoms with E-state index in [0.717, 1.165) is 17.1 Å². The van der Waals surface area contributed by atoms with E-state index in [1.807, 2.05) is 50.2 Å². The van der Waals surface area contributed by atoms with Crippen molar-refractivity contribution in [2.24, 2.45) is 0 Å². The molecule has 1 heterocycles. The van der Waals surface area contributed by atoms with E-state index in [0.29, 0.717) is 12.4 Å². The second-order valence-corrected chi connectivity index (χ2v) is 8.91. The van der Waals surface area contributed by atoms with Gasteiger partial charge in [-0.2, -0.15) is 0 Å². The van der Waals surface area contributed by atoms with Crippen molar-refractivity contribution in [3.8, 4) is 0 Å². The number of nitro groups is 1. The Labute approximate surface area is 174 Å². The molecule has 0 fully saturated rings. The Morgan fingerprint density at radius 2 is 1.97 bits per heavy atom. The summed E-state index contributed by atoms with van der Waals surface area (Å²) in [6.07, 6.45) is 0. The Morgan fingerprint density at radius 1 is 1.23 bits per heavy atom. The predicted octanol–water partition coefficient (Wildman–Crippen LogP) is 2.48. The lowest BCUT2D eigenvalue weighted by Gasteiger charge is -2.14. The van der Waals surface area contributed by atoms with Gasteiger partial charge in [0.1, 0.15) is 11.5 Å². The van der Waals surface area contributed by atoms with Gasteiger partial charge in [0.05, 0.1) is 26.9 Å². The van der Waals surface area contributed by atoms with Crippen LogP contribution in [0.3, 0.4) is 0 Å². The first-order valence-electron chi connectivity index (χ1n) is 9.31. The number of rotatable bonds is 9. The standard InChI is InChI=1S/C19H24N6O4S/c1-13(19-22-15-6-4-5-7-16(15)23-19)21-17-9-8-14(12-18(17)25(26)27)30(28,29)20-10-11-24(2)3/h4-9,12-13,20-21H,10-11H2,1-3H3,(H,22,23). The number of para-hydroxylation sites is 2. The van der Waals surface area contributed by atoms with E-state index in [2.05, 4.69) is 20.0 Å². The van der Waals surface area contributed by atoms with Gasteiger partial charge < -0.3 is 15.2 Å². The second-order valence-electron chi connectivity index (χ2n) is 7.14. The minimum Gasteiger partial charge on any atom is -0.370 e. The third kappa shape index (κ3) is 4.93. The molecule has 30 heavy (non-hydrogen) atoms. The number of nitrogens with zero attached hydrogens (tertiary/aromatic N) is 3. The Balaban J connectivity index is 1.83. The minimum absolute atomic E-state index is 0.158. The summed E-state index contributed by atoms with van der Waals surface area (Å²) in [5.74, 6) is 0.618. The van der Waals surface area contributed by atoms with Crippen LogP contribution < -0.4 is 10.0 Å². The van der Waals surface area contributed by atoms with Gasteiger partial charge in [0.2, 0.25) is 10.0 Å². The summed E-state index contributed by atoms with van der Waals surface area (Å²) >= 11 is 0. The fourth-order valence-corrected chi connectivity index (χ4v) is 3.96. The van der Waals surface area contributed by atoms with Crippen LogP contribution in [-0.4, -0.2) is 55.4 Å². The molecule has 0 saturated carbocycles. The van der Waals surface area contributed by atoms with E-state index in [1.165, 1.54) is 12.1 Å². The van der Waals surface area contributed by atoms with Crippen LogP contribution in [0.4, 0.5) is 11.4 Å². The molecule has 1 aromatic heterocycles. The fraction of sp³-hybridized carbons (Fsp3) is 0.316. The monoisotopic (exact) mass is 432 g/mol. The fourth-order valence-electron chi connectivity index (χ4n) is 2.92. The molecule has 3 aromatic rings. The molecule has 0 bridgehead atoms. The van der Waals surface area contributed by atoms with E-state index >= 15 is 0 Å². The number of aromatic nitrogens is 2. The van der Waals surface area contributed by atoms with Crippen LogP contribution in [0.1, 0.15) is 18.8 Å². The summed E-state index contributed by atoms with van der Waals surface area (Å²) in [6.45, 7) is 2.52. The molecule has 0 radical (unpaired) electrons. The lowest BCUT2D eigenvalue weighted by Crippen LogP contribution is -2.31. The van der Waals surface area contributed by atoms with Gasteiger partial charge in [-0.1, -0.05) is 12.1 Å². The molecule has 1 atom stereocenters. The van der Waals surface area contributed by atoms with E-state index in [9.17, 15) is 18.5 Å². The molecule has 0 saturated heterocycles. The summed E-state index contributed by atoms with van der Waals surface area (Å²) in [5, 5.41) is 14.6. The molecule has 3 rings (SSSR count). The molecule has 11 heteroatoms. The number of benzene rings is 2. The molecule has 0 spiro atoms. The van der Waals surface area contributed by atoms with E-state index in [-0.39, 0.29) is 28.9 Å². The lowest BCUT2D eigenvalue weighted by molar-refractivity contribution is -0.384. The minimum atomic E-state index is -3.85. The van der Waals surface area contributed by atoms with Crippen molar-refractivity contribution < 1.29 is 13.3 Å². The maximum absolute atomic E-state index is 12.5. The summed E-state index contributed by atoms with van der Waals surface area (Å²) in [4.78, 5) is 20.3. The van der Waals surface area contributed by atoms with Crippen LogP contribution in [0.5, 0.6) is 0 Å². The third-order valence-corrected chi connectivity index (χ3v) is 5.98. The zero-order valence-corrected chi connectivity index (χ0v) is 17.7. The molecule has 1 unspecified atom stereocenters. The number of likely N-dealkylation sites (N-methyl/N-ethyl adjacent to an activating group) is 1. The van der Waals surface area contributed by atoms with E-state index < -0.39 is 14.9 Å². The molecular formula is C19H24N6O4S. The number of nitro benzene ring substituents is 1. The maximum atomic E-state index is 12.5. The van der Waals surface area contributed by atoms with Crippen molar-refractivity contribution in [1.29, 1.82) is 0 Å². The average Bonchev–Trinajstić information content (AvgIpc) is 3.12. The Morgan fingerprint density at radius 3 is 2.63 bits per heavy atom. The van der Waals surface area contributed by atoms with Crippen molar-refractivity contribution in [2.75, 3.05) is 32.5 Å². The summed E-state index contributed by atoms with van der Waals surface area (Å²) in [6, 6.07) is 11.0. The van der Waals surface area contributed by atoms with Gasteiger partial charge in [0.15, 0.2) is 0 Å². The summed E-state index contributed by atoms with van der Waals surface area (Å²) < 4.78 is 27.4. The van der Waals surface area contributed by atoms with E-state index in [1.54, 1.807) is 0 Å². The zero-order valence-electron chi connectivity index (χ0n) is 16.9. The highest BCUT2D eigenvalue weighted by Crippen LogP contribution is 2.30. The number of anilines is 1. The summed E-state index contributed by atoms with van der Waals surface area (Å²) in [5.41, 5.74) is 1.54. The smallest absolute Gasteiger partial charge is 0.293 e. The second kappa shape index (κ2) is 8.78. The van der Waals surface area contributed by atoms with Gasteiger partial charge in [-0.05, 0) is 45.3 Å². The van der Waals surface area contributed by atoms with Crippen LogP contribution in [0.15, 0.2) is 47.4 Å². The largest absolute Gasteiger partial charge is 0.370 e. The molecule has 2 aromatic carbocycles. The lowest BCUT2D eigenvalue weighted by atomic mass is 10.2. The Kier molecular flexibility index (Phi) is 6.34. The molecule has 0 aliphatic rings. The summed E-state index contributed by atoms with van der Waals surface area (Å²) in [7, 11) is -0.210. The Bertz CT molecular complexity index is 1130. The number of hydrogen-bond acceptors (Lipinski definition) is 7. The quantitative estimate of drug-likeness (QED) is 0.349. The molecule has 0 aliphatic carbocycles. The number of aromatic amines is 1. The predicted molar refractivity (Wildman–Crippen MR) is 115 cm³/mol. The molecule has 10 nitrogen and oxygen atoms in total. The van der Waals surface area contributed by atoms with Gasteiger partial charge in [-0.15, -0.1) is 0 Å². The highest BCUT2D eigenvalue weighted by Gasteiger charge is 2.23. The number of hydrogen-bond donors (Lipinski definition) is 3. The van der Waals surface area contributed by atoms with Gasteiger partial charge in [-0.3, -0.25) is 10.1 Å². The van der Waals surface area contributed by atoms with Crippen molar-refractivity contribution in [2.45, 2.75) is 17.9 Å². The topological polar surface area (TPSA) is 133 Å². The first-order chi connectivity index (χ1) is 14.2. The average molecular weight is 433 g/mol. The molecule has 0 aliphatic heterocycles. The van der Waals surface area contributed by atoms with Gasteiger partial charge in [0, 0.05) is 19.2 Å². The maximum Gasteiger partial charge on any atom is 0.293 e. The number of imidazole rings is 1. The van der Waals surface area contributed by atoms with Crippen molar-refractivity contribution in [1.82, 2.24) is 19.6 Å². The zero-order chi connectivity index (χ0) is 21.9. The first kappa shape index (κ1) is 21.7. The SMILES string of the molecule is CC(Nc1ccc(S(=O)(=O)NCCN(C)C)cc1[N+](=O)[O-])c1nc2ccccc2[nH]1. The third-order valence-electron chi connectivity index (χ3n) is 4.52. The van der Waals surface area contributed by atoms with Crippen molar-refractivity contribution >= 4 is 32.4 Å². The van der Waals surface area contributed by atoms with Crippen LogP contribution in [0, 0.1) is 10.1 Å².